The molecule has 6 heteroatoms. The van der Waals surface area contributed by atoms with Crippen LogP contribution in [0.5, 0.6) is 0 Å². The molecule has 1 aliphatic heterocycles. The highest BCUT2D eigenvalue weighted by atomic mass is 16.4. The molecule has 1 unspecified atom stereocenters. The van der Waals surface area contributed by atoms with Crippen LogP contribution in [0.25, 0.3) is 11.0 Å². The smallest absolute Gasteiger partial charge is 0.335 e. The Balaban J connectivity index is 2.17. The van der Waals surface area contributed by atoms with Gasteiger partial charge in [0.15, 0.2) is 0 Å². The van der Waals surface area contributed by atoms with Crippen LogP contribution in [0.1, 0.15) is 35.6 Å². The van der Waals surface area contributed by atoms with E-state index in [1.165, 1.54) is 0 Å². The molecule has 0 radical (unpaired) electrons. The van der Waals surface area contributed by atoms with Gasteiger partial charge in [0.1, 0.15) is 11.9 Å². The van der Waals surface area contributed by atoms with Crippen molar-refractivity contribution < 1.29 is 14.7 Å². The van der Waals surface area contributed by atoms with Crippen LogP contribution in [0.15, 0.2) is 18.2 Å². The minimum absolute atomic E-state index is 0.0892. The van der Waals surface area contributed by atoms with E-state index in [0.29, 0.717) is 11.9 Å². The first kappa shape index (κ1) is 13.6. The molecular formula is C15H17N3O3. The lowest BCUT2D eigenvalue weighted by Crippen LogP contribution is -2.25. The van der Waals surface area contributed by atoms with Crippen LogP contribution in [0.4, 0.5) is 0 Å². The second-order valence-corrected chi connectivity index (χ2v) is 5.32. The van der Waals surface area contributed by atoms with Crippen LogP contribution in [0, 0.1) is 0 Å². The van der Waals surface area contributed by atoms with Crippen molar-refractivity contribution in [3.63, 3.8) is 0 Å². The number of fused-ring (bicyclic) bond motifs is 1. The monoisotopic (exact) mass is 287 g/mol. The van der Waals surface area contributed by atoms with E-state index >= 15 is 0 Å². The topological polar surface area (TPSA) is 75.4 Å². The van der Waals surface area contributed by atoms with Gasteiger partial charge in [-0.1, -0.05) is 6.92 Å². The second-order valence-electron chi connectivity index (χ2n) is 5.32. The number of carbonyl (C=O) groups is 2. The van der Waals surface area contributed by atoms with Crippen LogP contribution in [-0.2, 0) is 11.2 Å². The summed E-state index contributed by atoms with van der Waals surface area (Å²) in [6, 6.07) is 4.64. The summed E-state index contributed by atoms with van der Waals surface area (Å²) in [5.41, 5.74) is 1.67. The maximum Gasteiger partial charge on any atom is 0.335 e. The summed E-state index contributed by atoms with van der Waals surface area (Å²) >= 11 is 0. The Labute approximate surface area is 122 Å². The Hall–Kier alpha value is -2.37. The lowest BCUT2D eigenvalue weighted by molar-refractivity contribution is -0.129. The summed E-state index contributed by atoms with van der Waals surface area (Å²) in [7, 11) is 1.80. The number of rotatable bonds is 3. The standard InChI is InChI=1S/C15H17N3O3/c1-3-13-16-10-8-9(15(20)21)4-5-11(10)18(13)12-6-7-17(2)14(12)19/h4-5,8,12H,3,6-7H2,1-2H3,(H,20,21). The first-order valence-electron chi connectivity index (χ1n) is 7.02. The Morgan fingerprint density at radius 3 is 2.81 bits per heavy atom. The van der Waals surface area contributed by atoms with E-state index in [4.69, 9.17) is 5.11 Å². The van der Waals surface area contributed by atoms with Crippen molar-refractivity contribution in [1.29, 1.82) is 0 Å². The van der Waals surface area contributed by atoms with Gasteiger partial charge in [-0.2, -0.15) is 0 Å². The highest BCUT2D eigenvalue weighted by Crippen LogP contribution is 2.29. The summed E-state index contributed by atoms with van der Waals surface area (Å²) in [4.78, 5) is 29.6. The molecule has 1 atom stereocenters. The molecule has 1 amide bonds. The van der Waals surface area contributed by atoms with Crippen molar-refractivity contribution in [2.24, 2.45) is 0 Å². The fourth-order valence-electron chi connectivity index (χ4n) is 2.92. The summed E-state index contributed by atoms with van der Waals surface area (Å²) in [6.07, 6.45) is 1.46. The van der Waals surface area contributed by atoms with E-state index in [-0.39, 0.29) is 17.5 Å². The summed E-state index contributed by atoms with van der Waals surface area (Å²) in [5, 5.41) is 9.07. The molecule has 0 bridgehead atoms. The van der Waals surface area contributed by atoms with Crippen molar-refractivity contribution in [1.82, 2.24) is 14.5 Å². The van der Waals surface area contributed by atoms with E-state index in [2.05, 4.69) is 4.98 Å². The number of carboxylic acids is 1. The predicted molar refractivity (Wildman–Crippen MR) is 77.4 cm³/mol. The Bertz CT molecular complexity index is 735. The molecule has 3 rings (SSSR count). The van der Waals surface area contributed by atoms with Gasteiger partial charge in [-0.25, -0.2) is 9.78 Å². The first-order valence-corrected chi connectivity index (χ1v) is 7.02. The van der Waals surface area contributed by atoms with Crippen molar-refractivity contribution in [2.45, 2.75) is 25.8 Å². The number of amides is 1. The normalized spacial score (nSPS) is 18.7. The first-order chi connectivity index (χ1) is 10.0. The van der Waals surface area contributed by atoms with E-state index in [0.717, 1.165) is 24.3 Å². The van der Waals surface area contributed by atoms with Gasteiger partial charge in [0.25, 0.3) is 0 Å². The fourth-order valence-corrected chi connectivity index (χ4v) is 2.92. The molecule has 1 aromatic carbocycles. The quantitative estimate of drug-likeness (QED) is 0.932. The lowest BCUT2D eigenvalue weighted by atomic mass is 10.2. The third kappa shape index (κ3) is 2.07. The number of benzene rings is 1. The molecule has 1 aliphatic rings. The Morgan fingerprint density at radius 1 is 1.48 bits per heavy atom. The van der Waals surface area contributed by atoms with Gasteiger partial charge in [-0.15, -0.1) is 0 Å². The molecule has 0 spiro atoms. The number of aromatic carboxylic acids is 1. The second kappa shape index (κ2) is 4.87. The SMILES string of the molecule is CCc1nc2cc(C(=O)O)ccc2n1C1CCN(C)C1=O. The molecule has 0 saturated carbocycles. The van der Waals surface area contributed by atoms with Crippen molar-refractivity contribution in [2.75, 3.05) is 13.6 Å². The van der Waals surface area contributed by atoms with Crippen LogP contribution in [-0.4, -0.2) is 45.0 Å². The number of hydrogen-bond donors (Lipinski definition) is 1. The third-order valence-electron chi connectivity index (χ3n) is 4.04. The van der Waals surface area contributed by atoms with Gasteiger partial charge >= 0.3 is 5.97 Å². The van der Waals surface area contributed by atoms with Crippen molar-refractivity contribution in [3.05, 3.63) is 29.6 Å². The maximum absolute atomic E-state index is 12.3. The average molecular weight is 287 g/mol. The average Bonchev–Trinajstić information content (AvgIpc) is 2.99. The molecule has 1 saturated heterocycles. The van der Waals surface area contributed by atoms with Gasteiger partial charge in [0, 0.05) is 20.0 Å². The molecule has 0 aliphatic carbocycles. The Kier molecular flexibility index (Phi) is 3.16. The molecule has 1 aromatic heterocycles. The van der Waals surface area contributed by atoms with E-state index in [9.17, 15) is 9.59 Å². The highest BCUT2D eigenvalue weighted by molar-refractivity contribution is 5.93. The zero-order chi connectivity index (χ0) is 15.1. The van der Waals surface area contributed by atoms with Gasteiger partial charge < -0.3 is 14.6 Å². The molecule has 1 fully saturated rings. The van der Waals surface area contributed by atoms with Gasteiger partial charge in [-0.05, 0) is 24.6 Å². The van der Waals surface area contributed by atoms with Crippen molar-refractivity contribution in [3.8, 4) is 0 Å². The van der Waals surface area contributed by atoms with Gasteiger partial charge in [-0.3, -0.25) is 4.79 Å². The number of likely N-dealkylation sites (N-methyl/N-ethyl adjacent to an activating group) is 1. The number of imidazole rings is 1. The number of likely N-dealkylation sites (tertiary alicyclic amines) is 1. The molecule has 2 aromatic rings. The summed E-state index contributed by atoms with van der Waals surface area (Å²) in [5.74, 6) is -0.0614. The number of aryl methyl sites for hydroxylation is 1. The number of carbonyl (C=O) groups excluding carboxylic acids is 1. The molecule has 110 valence electrons. The van der Waals surface area contributed by atoms with Crippen molar-refractivity contribution >= 4 is 22.9 Å². The van der Waals surface area contributed by atoms with E-state index in [1.54, 1.807) is 30.1 Å². The summed E-state index contributed by atoms with van der Waals surface area (Å²) in [6.45, 7) is 2.72. The largest absolute Gasteiger partial charge is 0.478 e. The van der Waals surface area contributed by atoms with Crippen LogP contribution in [0.3, 0.4) is 0 Å². The predicted octanol–water partition coefficient (Wildman–Crippen LogP) is 1.70. The van der Waals surface area contributed by atoms with Crippen LogP contribution < -0.4 is 0 Å². The third-order valence-corrected chi connectivity index (χ3v) is 4.04. The summed E-state index contributed by atoms with van der Waals surface area (Å²) < 4.78 is 1.97. The Morgan fingerprint density at radius 2 is 2.24 bits per heavy atom. The maximum atomic E-state index is 12.3. The van der Waals surface area contributed by atoms with E-state index < -0.39 is 5.97 Å². The molecule has 6 nitrogen and oxygen atoms in total. The van der Waals surface area contributed by atoms with E-state index in [1.807, 2.05) is 11.5 Å². The number of nitrogens with zero attached hydrogens (tertiary/aromatic N) is 3. The zero-order valence-corrected chi connectivity index (χ0v) is 12.0. The molecule has 2 heterocycles. The van der Waals surface area contributed by atoms with Gasteiger partial charge in [0.05, 0.1) is 16.6 Å². The molecule has 1 N–H and O–H groups in total. The highest BCUT2D eigenvalue weighted by Gasteiger charge is 2.33. The number of aromatic nitrogens is 2. The number of carboxylic acid groups (broad SMARTS) is 1. The minimum Gasteiger partial charge on any atom is -0.478 e. The number of hydrogen-bond acceptors (Lipinski definition) is 3. The minimum atomic E-state index is -0.971. The lowest BCUT2D eigenvalue weighted by Gasteiger charge is -2.15. The van der Waals surface area contributed by atoms with Crippen LogP contribution >= 0.6 is 0 Å². The molecular weight excluding hydrogens is 270 g/mol. The van der Waals surface area contributed by atoms with Gasteiger partial charge in [0.2, 0.25) is 5.91 Å². The molecule has 21 heavy (non-hydrogen) atoms. The van der Waals surface area contributed by atoms with Crippen LogP contribution in [0.2, 0.25) is 0 Å². The fraction of sp³-hybridized carbons (Fsp3) is 0.400. The zero-order valence-electron chi connectivity index (χ0n) is 12.0.